The van der Waals surface area contributed by atoms with Crippen molar-refractivity contribution in [3.63, 3.8) is 0 Å². The van der Waals surface area contributed by atoms with Crippen molar-refractivity contribution in [1.29, 1.82) is 0 Å². The smallest absolute Gasteiger partial charge is 0.0178 e. The second-order valence-electron chi connectivity index (χ2n) is 4.41. The molecule has 0 amide bonds. The molecule has 0 saturated heterocycles. The lowest BCUT2D eigenvalue weighted by Crippen LogP contribution is -1.84. The summed E-state index contributed by atoms with van der Waals surface area (Å²) in [5.41, 5.74) is 6.17. The Morgan fingerprint density at radius 1 is 0.889 bits per heavy atom. The molecule has 0 spiro atoms. The summed E-state index contributed by atoms with van der Waals surface area (Å²) in [6.07, 6.45) is 6.07. The largest absolute Gasteiger partial charge is 0.0984 e. The first-order valence-electron chi connectivity index (χ1n) is 6.21. The number of hydrogen-bond acceptors (Lipinski definition) is 0. The minimum Gasteiger partial charge on any atom is -0.0984 e. The van der Waals surface area contributed by atoms with Gasteiger partial charge < -0.3 is 0 Å². The van der Waals surface area contributed by atoms with Crippen molar-refractivity contribution < 1.29 is 0 Å². The van der Waals surface area contributed by atoms with Crippen LogP contribution in [0.25, 0.3) is 23.3 Å². The summed E-state index contributed by atoms with van der Waals surface area (Å²) in [7, 11) is 0. The third-order valence-corrected chi connectivity index (χ3v) is 3.04. The number of rotatable bonds is 3. The van der Waals surface area contributed by atoms with Crippen molar-refractivity contribution in [2.24, 2.45) is 0 Å². The van der Waals surface area contributed by atoms with E-state index in [1.54, 1.807) is 0 Å². The molecular formula is C18H18. The maximum Gasteiger partial charge on any atom is -0.0178 e. The van der Waals surface area contributed by atoms with E-state index < -0.39 is 0 Å². The van der Waals surface area contributed by atoms with Crippen LogP contribution in [0.3, 0.4) is 0 Å². The molecule has 0 nitrogen and oxygen atoms in total. The molecule has 0 aliphatic rings. The molecule has 0 unspecified atom stereocenters. The summed E-state index contributed by atoms with van der Waals surface area (Å²) in [5, 5.41) is 0. The van der Waals surface area contributed by atoms with Crippen LogP contribution in [-0.4, -0.2) is 0 Å². The van der Waals surface area contributed by atoms with Gasteiger partial charge in [-0.05, 0) is 42.2 Å². The summed E-state index contributed by atoms with van der Waals surface area (Å²) in [4.78, 5) is 0. The molecule has 0 heteroatoms. The maximum absolute atomic E-state index is 3.85. The van der Waals surface area contributed by atoms with Gasteiger partial charge in [-0.25, -0.2) is 0 Å². The predicted octanol–water partition coefficient (Wildman–Crippen LogP) is 5.34. The zero-order valence-electron chi connectivity index (χ0n) is 11.0. The van der Waals surface area contributed by atoms with E-state index in [1.165, 1.54) is 27.8 Å². The van der Waals surface area contributed by atoms with E-state index in [0.717, 1.165) is 0 Å². The van der Waals surface area contributed by atoms with Gasteiger partial charge in [0.2, 0.25) is 0 Å². The zero-order chi connectivity index (χ0) is 13.0. The van der Waals surface area contributed by atoms with E-state index in [0.29, 0.717) is 0 Å². The molecular weight excluding hydrogens is 216 g/mol. The van der Waals surface area contributed by atoms with E-state index >= 15 is 0 Å². The van der Waals surface area contributed by atoms with Crippen molar-refractivity contribution in [2.45, 2.75) is 13.8 Å². The van der Waals surface area contributed by atoms with E-state index in [2.05, 4.69) is 68.1 Å². The molecule has 0 aliphatic carbocycles. The minimum atomic E-state index is 1.17. The Hall–Kier alpha value is -2.08. The highest BCUT2D eigenvalue weighted by Gasteiger charge is 2.01. The molecule has 2 aromatic carbocycles. The fourth-order valence-electron chi connectivity index (χ4n) is 2.01. The van der Waals surface area contributed by atoms with Gasteiger partial charge in [0.25, 0.3) is 0 Å². The van der Waals surface area contributed by atoms with Crippen molar-refractivity contribution in [3.05, 3.63) is 71.8 Å². The average Bonchev–Trinajstić information content (AvgIpc) is 2.40. The third kappa shape index (κ3) is 2.60. The Kier molecular flexibility index (Phi) is 3.78. The second kappa shape index (κ2) is 5.50. The molecule has 90 valence electrons. The third-order valence-electron chi connectivity index (χ3n) is 3.04. The van der Waals surface area contributed by atoms with Gasteiger partial charge >= 0.3 is 0 Å². The maximum atomic E-state index is 3.85. The van der Waals surface area contributed by atoms with Crippen LogP contribution in [0, 0.1) is 6.92 Å². The number of aryl methyl sites for hydroxylation is 1. The molecule has 2 rings (SSSR count). The summed E-state index contributed by atoms with van der Waals surface area (Å²) >= 11 is 0. The van der Waals surface area contributed by atoms with Crippen LogP contribution in [0.2, 0.25) is 0 Å². The SMILES string of the molecule is C=Cc1ccc(-c2ccc(C)cc2)cc1/C=C\C. The van der Waals surface area contributed by atoms with Gasteiger partial charge in [-0.1, -0.05) is 66.8 Å². The van der Waals surface area contributed by atoms with Crippen LogP contribution in [-0.2, 0) is 0 Å². The van der Waals surface area contributed by atoms with Crippen LogP contribution in [0.4, 0.5) is 0 Å². The summed E-state index contributed by atoms with van der Waals surface area (Å²) < 4.78 is 0. The van der Waals surface area contributed by atoms with Crippen LogP contribution < -0.4 is 0 Å². The summed E-state index contributed by atoms with van der Waals surface area (Å²) in [5.74, 6) is 0. The van der Waals surface area contributed by atoms with Crippen molar-refractivity contribution in [1.82, 2.24) is 0 Å². The standard InChI is InChI=1S/C18H18/c1-4-6-17-13-18(12-11-15(17)5-2)16-9-7-14(3)8-10-16/h4-13H,2H2,1,3H3/b6-4-. The Bertz CT molecular complexity index is 571. The average molecular weight is 234 g/mol. The first-order chi connectivity index (χ1) is 8.74. The van der Waals surface area contributed by atoms with Crippen molar-refractivity contribution in [3.8, 4) is 11.1 Å². The molecule has 0 radical (unpaired) electrons. The van der Waals surface area contributed by atoms with Gasteiger partial charge in [0, 0.05) is 0 Å². The molecule has 18 heavy (non-hydrogen) atoms. The number of benzene rings is 2. The highest BCUT2D eigenvalue weighted by Crippen LogP contribution is 2.24. The Balaban J connectivity index is 2.49. The monoisotopic (exact) mass is 234 g/mol. The van der Waals surface area contributed by atoms with E-state index in [-0.39, 0.29) is 0 Å². The van der Waals surface area contributed by atoms with Crippen LogP contribution in [0.1, 0.15) is 23.6 Å². The fourth-order valence-corrected chi connectivity index (χ4v) is 2.01. The van der Waals surface area contributed by atoms with Gasteiger partial charge in [-0.2, -0.15) is 0 Å². The van der Waals surface area contributed by atoms with Crippen LogP contribution in [0.5, 0.6) is 0 Å². The van der Waals surface area contributed by atoms with Gasteiger partial charge in [0.15, 0.2) is 0 Å². The van der Waals surface area contributed by atoms with Gasteiger partial charge in [0.05, 0.1) is 0 Å². The Morgan fingerprint density at radius 2 is 1.56 bits per heavy atom. The lowest BCUT2D eigenvalue weighted by molar-refractivity contribution is 1.46. The van der Waals surface area contributed by atoms with Crippen LogP contribution in [0.15, 0.2) is 55.1 Å². The molecule has 0 heterocycles. The van der Waals surface area contributed by atoms with Crippen molar-refractivity contribution in [2.75, 3.05) is 0 Å². The van der Waals surface area contributed by atoms with Gasteiger partial charge in [-0.3, -0.25) is 0 Å². The number of allylic oxidation sites excluding steroid dienone is 1. The Morgan fingerprint density at radius 3 is 2.17 bits per heavy atom. The lowest BCUT2D eigenvalue weighted by atomic mass is 9.98. The molecule has 0 atom stereocenters. The fraction of sp³-hybridized carbons (Fsp3) is 0.111. The van der Waals surface area contributed by atoms with E-state index in [4.69, 9.17) is 0 Å². The number of hydrogen-bond donors (Lipinski definition) is 0. The topological polar surface area (TPSA) is 0 Å². The van der Waals surface area contributed by atoms with Gasteiger partial charge in [-0.15, -0.1) is 0 Å². The highest BCUT2D eigenvalue weighted by molar-refractivity contribution is 5.73. The summed E-state index contributed by atoms with van der Waals surface area (Å²) in [6, 6.07) is 15.1. The first-order valence-corrected chi connectivity index (χ1v) is 6.21. The normalized spacial score (nSPS) is 10.8. The molecule has 0 N–H and O–H groups in total. The lowest BCUT2D eigenvalue weighted by Gasteiger charge is -2.07. The molecule has 0 fully saturated rings. The van der Waals surface area contributed by atoms with E-state index in [9.17, 15) is 0 Å². The Labute approximate surface area is 109 Å². The highest BCUT2D eigenvalue weighted by atomic mass is 14.1. The summed E-state index contributed by atoms with van der Waals surface area (Å²) in [6.45, 7) is 7.99. The van der Waals surface area contributed by atoms with E-state index in [1.807, 2.05) is 13.0 Å². The van der Waals surface area contributed by atoms with Crippen LogP contribution >= 0.6 is 0 Å². The van der Waals surface area contributed by atoms with Gasteiger partial charge in [0.1, 0.15) is 0 Å². The quantitative estimate of drug-likeness (QED) is 0.672. The zero-order valence-corrected chi connectivity index (χ0v) is 11.0. The first kappa shape index (κ1) is 12.4. The molecule has 0 aromatic heterocycles. The van der Waals surface area contributed by atoms with Crippen molar-refractivity contribution >= 4 is 12.2 Å². The molecule has 0 saturated carbocycles. The molecule has 0 aliphatic heterocycles. The molecule has 2 aromatic rings. The predicted molar refractivity (Wildman–Crippen MR) is 81.4 cm³/mol. The molecule has 0 bridgehead atoms. The minimum absolute atomic E-state index is 1.17. The second-order valence-corrected chi connectivity index (χ2v) is 4.41.